The number of nitrogens with one attached hydrogen (secondary N) is 1. The van der Waals surface area contributed by atoms with E-state index in [1.165, 1.54) is 11.3 Å². The zero-order valence-electron chi connectivity index (χ0n) is 8.34. The zero-order valence-corrected chi connectivity index (χ0v) is 10.7. The maximum absolute atomic E-state index is 11.6. The maximum atomic E-state index is 11.6. The summed E-state index contributed by atoms with van der Waals surface area (Å²) in [5, 5.41) is 4.82. The first-order chi connectivity index (χ1) is 6.63. The molecule has 1 unspecified atom stereocenters. The molecule has 1 atom stereocenters. The molecule has 0 fully saturated rings. The Morgan fingerprint density at radius 2 is 2.43 bits per heavy atom. The number of carbonyl (C=O) groups excluding carboxylic acids is 1. The quantitative estimate of drug-likeness (QED) is 0.896. The Kier molecular flexibility index (Phi) is 4.62. The highest BCUT2D eigenvalue weighted by molar-refractivity contribution is 9.11. The summed E-state index contributed by atoms with van der Waals surface area (Å²) < 4.78 is 0.991. The summed E-state index contributed by atoms with van der Waals surface area (Å²) in [5.74, 6) is 0.0212. The summed E-state index contributed by atoms with van der Waals surface area (Å²) in [7, 11) is 0. The molecule has 1 rings (SSSR count). The Balaban J connectivity index is 2.50. The lowest BCUT2D eigenvalue weighted by Crippen LogP contribution is -2.32. The minimum atomic E-state index is 0.0212. The monoisotopic (exact) mass is 275 g/mol. The highest BCUT2D eigenvalue weighted by atomic mass is 79.9. The number of rotatable bonds is 4. The van der Waals surface area contributed by atoms with Crippen LogP contribution in [-0.4, -0.2) is 11.9 Å². The molecule has 0 radical (unpaired) electrons. The van der Waals surface area contributed by atoms with Gasteiger partial charge in [0.1, 0.15) is 0 Å². The average Bonchev–Trinajstić information content (AvgIpc) is 2.52. The molecule has 0 spiro atoms. The third kappa shape index (κ3) is 3.42. The van der Waals surface area contributed by atoms with Crippen molar-refractivity contribution >= 4 is 33.2 Å². The van der Waals surface area contributed by atoms with E-state index in [0.717, 1.165) is 22.2 Å². The highest BCUT2D eigenvalue weighted by Crippen LogP contribution is 2.20. The molecule has 4 heteroatoms. The number of thiophene rings is 1. The van der Waals surface area contributed by atoms with E-state index in [-0.39, 0.29) is 11.9 Å². The van der Waals surface area contributed by atoms with Gasteiger partial charge in [-0.3, -0.25) is 4.79 Å². The first-order valence-electron chi connectivity index (χ1n) is 4.68. The van der Waals surface area contributed by atoms with Gasteiger partial charge in [0.2, 0.25) is 0 Å². The van der Waals surface area contributed by atoms with Gasteiger partial charge < -0.3 is 5.32 Å². The maximum Gasteiger partial charge on any atom is 0.252 e. The Labute approximate surface area is 96.8 Å². The highest BCUT2D eigenvalue weighted by Gasteiger charge is 2.10. The van der Waals surface area contributed by atoms with Gasteiger partial charge in [0, 0.05) is 11.4 Å². The molecule has 0 aliphatic heterocycles. The van der Waals surface area contributed by atoms with Gasteiger partial charge in [-0.25, -0.2) is 0 Å². The van der Waals surface area contributed by atoms with Crippen LogP contribution in [-0.2, 0) is 0 Å². The molecule has 1 amide bonds. The van der Waals surface area contributed by atoms with E-state index >= 15 is 0 Å². The normalized spacial score (nSPS) is 12.5. The smallest absolute Gasteiger partial charge is 0.252 e. The molecule has 0 aliphatic carbocycles. The van der Waals surface area contributed by atoms with Crippen LogP contribution in [0, 0.1) is 0 Å². The zero-order chi connectivity index (χ0) is 10.6. The summed E-state index contributed by atoms with van der Waals surface area (Å²) in [6, 6.07) is 2.10. The lowest BCUT2D eigenvalue weighted by atomic mass is 10.2. The van der Waals surface area contributed by atoms with Crippen molar-refractivity contribution in [3.63, 3.8) is 0 Å². The molecule has 0 saturated heterocycles. The molecule has 0 bridgehead atoms. The fraction of sp³-hybridized carbons (Fsp3) is 0.500. The van der Waals surface area contributed by atoms with Crippen molar-refractivity contribution in [3.05, 3.63) is 20.8 Å². The van der Waals surface area contributed by atoms with Gasteiger partial charge in [-0.05, 0) is 35.3 Å². The largest absolute Gasteiger partial charge is 0.350 e. The van der Waals surface area contributed by atoms with Crippen LogP contribution in [0.2, 0.25) is 0 Å². The number of amides is 1. The van der Waals surface area contributed by atoms with E-state index in [9.17, 15) is 4.79 Å². The molecular weight excluding hydrogens is 262 g/mol. The lowest BCUT2D eigenvalue weighted by molar-refractivity contribution is 0.0939. The van der Waals surface area contributed by atoms with Crippen molar-refractivity contribution in [3.8, 4) is 0 Å². The van der Waals surface area contributed by atoms with Crippen LogP contribution < -0.4 is 5.32 Å². The molecule has 1 heterocycles. The molecule has 0 aliphatic rings. The average molecular weight is 276 g/mol. The SMILES string of the molecule is CCCC(C)NC(=O)c1csc(Br)c1. The molecule has 0 saturated carbocycles. The standard InChI is InChI=1S/C10H14BrNOS/c1-3-4-7(2)12-10(13)8-5-9(11)14-6-8/h5-7H,3-4H2,1-2H3,(H,12,13). The van der Waals surface area contributed by atoms with Crippen LogP contribution in [0.4, 0.5) is 0 Å². The predicted octanol–water partition coefficient (Wildman–Crippen LogP) is 3.43. The second-order valence-corrected chi connectivity index (χ2v) is 5.59. The lowest BCUT2D eigenvalue weighted by Gasteiger charge is -2.11. The van der Waals surface area contributed by atoms with E-state index in [1.54, 1.807) is 0 Å². The third-order valence-electron chi connectivity index (χ3n) is 1.93. The molecule has 1 aromatic heterocycles. The van der Waals surface area contributed by atoms with Crippen molar-refractivity contribution in [2.24, 2.45) is 0 Å². The Morgan fingerprint density at radius 3 is 2.93 bits per heavy atom. The Hall–Kier alpha value is -0.350. The number of halogens is 1. The van der Waals surface area contributed by atoms with E-state index in [4.69, 9.17) is 0 Å². The van der Waals surface area contributed by atoms with E-state index < -0.39 is 0 Å². The second kappa shape index (κ2) is 5.51. The minimum Gasteiger partial charge on any atom is -0.350 e. The van der Waals surface area contributed by atoms with Crippen molar-refractivity contribution in [2.45, 2.75) is 32.7 Å². The summed E-state index contributed by atoms with van der Waals surface area (Å²) >= 11 is 4.86. The Bertz CT molecular complexity index is 311. The Morgan fingerprint density at radius 1 is 1.71 bits per heavy atom. The number of hydrogen-bond acceptors (Lipinski definition) is 2. The van der Waals surface area contributed by atoms with Gasteiger partial charge >= 0.3 is 0 Å². The molecule has 2 nitrogen and oxygen atoms in total. The summed E-state index contributed by atoms with van der Waals surface area (Å²) in [4.78, 5) is 11.6. The van der Waals surface area contributed by atoms with Crippen molar-refractivity contribution in [1.82, 2.24) is 5.32 Å². The van der Waals surface area contributed by atoms with Crippen LogP contribution in [0.25, 0.3) is 0 Å². The van der Waals surface area contributed by atoms with Gasteiger partial charge in [-0.1, -0.05) is 13.3 Å². The van der Waals surface area contributed by atoms with Gasteiger partial charge in [0.05, 0.1) is 9.35 Å². The van der Waals surface area contributed by atoms with E-state index in [1.807, 2.05) is 18.4 Å². The topological polar surface area (TPSA) is 29.1 Å². The molecule has 0 aromatic carbocycles. The van der Waals surface area contributed by atoms with Crippen molar-refractivity contribution in [2.75, 3.05) is 0 Å². The van der Waals surface area contributed by atoms with Crippen LogP contribution in [0.5, 0.6) is 0 Å². The molecule has 14 heavy (non-hydrogen) atoms. The van der Waals surface area contributed by atoms with Crippen molar-refractivity contribution in [1.29, 1.82) is 0 Å². The first kappa shape index (κ1) is 11.7. The summed E-state index contributed by atoms with van der Waals surface area (Å²) in [6.07, 6.45) is 2.12. The van der Waals surface area contributed by atoms with Crippen molar-refractivity contribution < 1.29 is 4.79 Å². The predicted molar refractivity (Wildman–Crippen MR) is 63.9 cm³/mol. The first-order valence-corrected chi connectivity index (χ1v) is 6.35. The second-order valence-electron chi connectivity index (χ2n) is 3.30. The van der Waals surface area contributed by atoms with Gasteiger partial charge in [0.15, 0.2) is 0 Å². The number of carbonyl (C=O) groups is 1. The summed E-state index contributed by atoms with van der Waals surface area (Å²) in [5.41, 5.74) is 0.741. The van der Waals surface area contributed by atoms with Gasteiger partial charge in [0.25, 0.3) is 5.91 Å². The van der Waals surface area contributed by atoms with Gasteiger partial charge in [-0.15, -0.1) is 11.3 Å². The van der Waals surface area contributed by atoms with E-state index in [0.29, 0.717) is 0 Å². The molecular formula is C10H14BrNOS. The fourth-order valence-electron chi connectivity index (χ4n) is 1.24. The van der Waals surface area contributed by atoms with Crippen LogP contribution in [0.1, 0.15) is 37.0 Å². The van der Waals surface area contributed by atoms with E-state index in [2.05, 4.69) is 28.2 Å². The fourth-order valence-corrected chi connectivity index (χ4v) is 2.38. The summed E-state index contributed by atoms with van der Waals surface area (Å²) in [6.45, 7) is 4.15. The van der Waals surface area contributed by atoms with Crippen LogP contribution in [0.15, 0.2) is 15.2 Å². The van der Waals surface area contributed by atoms with Gasteiger partial charge in [-0.2, -0.15) is 0 Å². The van der Waals surface area contributed by atoms with Crippen LogP contribution >= 0.6 is 27.3 Å². The molecule has 1 N–H and O–H groups in total. The number of hydrogen-bond donors (Lipinski definition) is 1. The molecule has 1 aromatic rings. The minimum absolute atomic E-state index is 0.0212. The molecule has 78 valence electrons. The third-order valence-corrected chi connectivity index (χ3v) is 3.43. The van der Waals surface area contributed by atoms with Crippen LogP contribution in [0.3, 0.4) is 0 Å².